The van der Waals surface area contributed by atoms with Crippen LogP contribution in [0.5, 0.6) is 0 Å². The Balaban J connectivity index is 1.93. The molecule has 1 unspecified atom stereocenters. The van der Waals surface area contributed by atoms with Gasteiger partial charge in [-0.2, -0.15) is 0 Å². The number of rotatable bonds is 7. The van der Waals surface area contributed by atoms with Gasteiger partial charge in [-0.1, -0.05) is 30.3 Å². The molecule has 0 bridgehead atoms. The summed E-state index contributed by atoms with van der Waals surface area (Å²) in [6, 6.07) is 10.6. The number of nitrogens with one attached hydrogen (secondary N) is 2. The topological polar surface area (TPSA) is 53.9 Å². The molecule has 0 saturated heterocycles. The highest BCUT2D eigenvalue weighted by Crippen LogP contribution is 2.19. The van der Waals surface area contributed by atoms with Crippen molar-refractivity contribution in [3.8, 4) is 0 Å². The van der Waals surface area contributed by atoms with Crippen LogP contribution < -0.4 is 10.2 Å². The summed E-state index contributed by atoms with van der Waals surface area (Å²) < 4.78 is 39.9. The number of carbonyl (C=O) groups is 2. The lowest BCUT2D eigenvalue weighted by Crippen LogP contribution is -3.15. The monoisotopic (exact) mass is 394 g/mol. The number of benzene rings is 2. The van der Waals surface area contributed by atoms with Crippen molar-refractivity contribution in [1.29, 1.82) is 0 Å². The Morgan fingerprint density at radius 1 is 1.07 bits per heavy atom. The van der Waals surface area contributed by atoms with E-state index in [-0.39, 0.29) is 12.5 Å². The predicted molar refractivity (Wildman–Crippen MR) is 99.1 cm³/mol. The number of nitrogens with zero attached hydrogens (tertiary/aromatic N) is 1. The molecule has 2 aromatic rings. The zero-order valence-electron chi connectivity index (χ0n) is 15.9. The van der Waals surface area contributed by atoms with Crippen LogP contribution in [0.2, 0.25) is 0 Å². The van der Waals surface area contributed by atoms with Crippen molar-refractivity contribution in [2.75, 3.05) is 26.0 Å². The van der Waals surface area contributed by atoms with Crippen molar-refractivity contribution in [3.05, 3.63) is 65.5 Å². The smallest absolute Gasteiger partial charge is 0.280 e. The summed E-state index contributed by atoms with van der Waals surface area (Å²) in [6.45, 7) is 1.97. The summed E-state index contributed by atoms with van der Waals surface area (Å²) in [4.78, 5) is 26.8. The van der Waals surface area contributed by atoms with Gasteiger partial charge >= 0.3 is 0 Å². The molecule has 2 N–H and O–H groups in total. The molecule has 2 aromatic carbocycles. The first-order valence-electron chi connectivity index (χ1n) is 8.75. The van der Waals surface area contributed by atoms with Crippen molar-refractivity contribution in [3.63, 3.8) is 0 Å². The van der Waals surface area contributed by atoms with Crippen molar-refractivity contribution in [2.45, 2.75) is 19.5 Å². The minimum atomic E-state index is -1.65. The van der Waals surface area contributed by atoms with E-state index in [2.05, 4.69) is 5.32 Å². The normalized spacial score (nSPS) is 12.9. The third kappa shape index (κ3) is 5.32. The van der Waals surface area contributed by atoms with Crippen LogP contribution in [0.1, 0.15) is 12.5 Å². The van der Waals surface area contributed by atoms with E-state index in [1.54, 1.807) is 25.9 Å². The first kappa shape index (κ1) is 21.4. The van der Waals surface area contributed by atoms with Gasteiger partial charge in [0.1, 0.15) is 0 Å². The number of anilines is 1. The van der Waals surface area contributed by atoms with E-state index in [0.29, 0.717) is 11.4 Å². The van der Waals surface area contributed by atoms with E-state index in [4.69, 9.17) is 0 Å². The van der Waals surface area contributed by atoms with Gasteiger partial charge in [-0.25, -0.2) is 13.2 Å². The van der Waals surface area contributed by atoms with Gasteiger partial charge in [0, 0.05) is 13.6 Å². The average Bonchev–Trinajstić information content (AvgIpc) is 2.68. The second kappa shape index (κ2) is 9.36. The molecule has 0 spiro atoms. The summed E-state index contributed by atoms with van der Waals surface area (Å²) in [5, 5.41) is 2.21. The molecule has 0 radical (unpaired) electrons. The maximum atomic E-state index is 13.7. The third-order valence-electron chi connectivity index (χ3n) is 4.50. The molecule has 0 aliphatic carbocycles. The van der Waals surface area contributed by atoms with Crippen LogP contribution in [-0.2, 0) is 16.1 Å². The number of hydrogen-bond acceptors (Lipinski definition) is 2. The highest BCUT2D eigenvalue weighted by Gasteiger charge is 2.27. The molecule has 0 aliphatic rings. The van der Waals surface area contributed by atoms with Gasteiger partial charge in [0.25, 0.3) is 11.8 Å². The lowest BCUT2D eigenvalue weighted by Gasteiger charge is -2.25. The van der Waals surface area contributed by atoms with E-state index in [9.17, 15) is 22.8 Å². The number of likely N-dealkylation sites (N-methyl/N-ethyl adjacent to an activating group) is 2. The zero-order chi connectivity index (χ0) is 20.8. The molecule has 0 aromatic heterocycles. The molecule has 0 aliphatic heterocycles. The van der Waals surface area contributed by atoms with Crippen molar-refractivity contribution in [1.82, 2.24) is 4.90 Å². The third-order valence-corrected chi connectivity index (χ3v) is 4.50. The Morgan fingerprint density at radius 2 is 1.71 bits per heavy atom. The Bertz CT molecular complexity index is 846. The van der Waals surface area contributed by atoms with Crippen molar-refractivity contribution < 1.29 is 27.7 Å². The summed E-state index contributed by atoms with van der Waals surface area (Å²) in [7, 11) is 3.33. The van der Waals surface area contributed by atoms with E-state index in [1.165, 1.54) is 0 Å². The number of amides is 2. The van der Waals surface area contributed by atoms with Crippen LogP contribution in [0.15, 0.2) is 42.5 Å². The molecule has 2 atom stereocenters. The molecule has 8 heteroatoms. The molecule has 0 fully saturated rings. The van der Waals surface area contributed by atoms with Gasteiger partial charge < -0.3 is 15.1 Å². The van der Waals surface area contributed by atoms with Gasteiger partial charge in [0.05, 0.1) is 12.7 Å². The van der Waals surface area contributed by atoms with Gasteiger partial charge in [-0.3, -0.25) is 9.59 Å². The van der Waals surface area contributed by atoms with E-state index < -0.39 is 35.1 Å². The molecule has 2 amide bonds. The lowest BCUT2D eigenvalue weighted by atomic mass is 10.2. The minimum Gasteiger partial charge on any atom is -0.336 e. The molecule has 2 rings (SSSR count). The van der Waals surface area contributed by atoms with Crippen LogP contribution in [0.25, 0.3) is 0 Å². The Morgan fingerprint density at radius 3 is 2.36 bits per heavy atom. The molecule has 0 heterocycles. The minimum absolute atomic E-state index is 0.148. The first-order valence-corrected chi connectivity index (χ1v) is 8.75. The largest absolute Gasteiger partial charge is 0.336 e. The van der Waals surface area contributed by atoms with E-state index in [0.717, 1.165) is 17.7 Å². The fourth-order valence-corrected chi connectivity index (χ4v) is 2.70. The highest BCUT2D eigenvalue weighted by atomic mass is 19.2. The second-order valence-electron chi connectivity index (χ2n) is 6.70. The van der Waals surface area contributed by atoms with Gasteiger partial charge in [-0.15, -0.1) is 0 Å². The van der Waals surface area contributed by atoms with E-state index >= 15 is 0 Å². The Kier molecular flexibility index (Phi) is 7.17. The predicted octanol–water partition coefficient (Wildman–Crippen LogP) is 1.60. The fourth-order valence-electron chi connectivity index (χ4n) is 2.70. The summed E-state index contributed by atoms with van der Waals surface area (Å²) in [5.41, 5.74) is 0.534. The number of quaternary nitrogens is 1. The second-order valence-corrected chi connectivity index (χ2v) is 6.70. The lowest BCUT2D eigenvalue weighted by molar-refractivity contribution is -0.886. The molecule has 28 heavy (non-hydrogen) atoms. The van der Waals surface area contributed by atoms with Crippen LogP contribution in [-0.4, -0.2) is 43.4 Å². The maximum absolute atomic E-state index is 13.7. The quantitative estimate of drug-likeness (QED) is 0.701. The summed E-state index contributed by atoms with van der Waals surface area (Å²) >= 11 is 0. The maximum Gasteiger partial charge on any atom is 0.280 e. The molecule has 5 nitrogen and oxygen atoms in total. The van der Waals surface area contributed by atoms with Gasteiger partial charge in [0.2, 0.25) is 0 Å². The number of halogens is 3. The number of carbonyl (C=O) groups excluding carboxylic acids is 2. The fraction of sp³-hybridized carbons (Fsp3) is 0.300. The number of hydrogen-bond donors (Lipinski definition) is 2. The first-order chi connectivity index (χ1) is 13.2. The Hall–Kier alpha value is -2.87. The zero-order valence-corrected chi connectivity index (χ0v) is 15.9. The van der Waals surface area contributed by atoms with Crippen LogP contribution in [0, 0.1) is 17.5 Å². The molecule has 0 saturated carbocycles. The van der Waals surface area contributed by atoms with Crippen molar-refractivity contribution >= 4 is 17.5 Å². The average molecular weight is 394 g/mol. The Labute approximate surface area is 161 Å². The van der Waals surface area contributed by atoms with Gasteiger partial charge in [0.15, 0.2) is 30.0 Å². The summed E-state index contributed by atoms with van der Waals surface area (Å²) in [5.74, 6) is -5.22. The SMILES string of the molecule is C[C@@H](C(=O)N(C)Cc1ccccc1)[NH+](C)CC(=O)Nc1ccc(F)c(F)c1F. The van der Waals surface area contributed by atoms with Crippen LogP contribution in [0.3, 0.4) is 0 Å². The highest BCUT2D eigenvalue weighted by molar-refractivity contribution is 5.91. The van der Waals surface area contributed by atoms with Gasteiger partial charge in [-0.05, 0) is 24.6 Å². The van der Waals surface area contributed by atoms with Crippen molar-refractivity contribution in [2.24, 2.45) is 0 Å². The molecule has 150 valence electrons. The molecular formula is C20H23F3N3O2+. The summed E-state index contributed by atoms with van der Waals surface area (Å²) in [6.07, 6.45) is 0. The van der Waals surface area contributed by atoms with Crippen LogP contribution >= 0.6 is 0 Å². The molecular weight excluding hydrogens is 371 g/mol. The van der Waals surface area contributed by atoms with E-state index in [1.807, 2.05) is 30.3 Å². The van der Waals surface area contributed by atoms with Crippen LogP contribution in [0.4, 0.5) is 18.9 Å². The standard InChI is InChI=1S/C20H22F3N3O2/c1-13(20(28)26(3)11-14-7-5-4-6-8-14)25(2)12-17(27)24-16-10-9-15(21)18(22)19(16)23/h4-10,13H,11-12H2,1-3H3,(H,24,27)/p+1/t13-/m0/s1.